The molecule has 2 aromatic heterocycles. The molecule has 18 heavy (non-hydrogen) atoms. The van der Waals surface area contributed by atoms with Crippen molar-refractivity contribution in [2.45, 2.75) is 33.2 Å². The fourth-order valence-electron chi connectivity index (χ4n) is 1.84. The van der Waals surface area contributed by atoms with Crippen LogP contribution in [0.25, 0.3) is 0 Å². The Kier molecular flexibility index (Phi) is 3.56. The van der Waals surface area contributed by atoms with Crippen molar-refractivity contribution in [3.8, 4) is 0 Å². The van der Waals surface area contributed by atoms with Crippen LogP contribution in [-0.2, 0) is 13.6 Å². The van der Waals surface area contributed by atoms with Gasteiger partial charge in [-0.25, -0.2) is 4.98 Å². The molecule has 0 amide bonds. The van der Waals surface area contributed by atoms with E-state index < -0.39 is 0 Å². The minimum Gasteiger partial charge on any atom is -0.394 e. The van der Waals surface area contributed by atoms with E-state index >= 15 is 0 Å². The van der Waals surface area contributed by atoms with Crippen molar-refractivity contribution in [2.75, 3.05) is 11.1 Å². The van der Waals surface area contributed by atoms with E-state index in [1.54, 1.807) is 16.0 Å². The van der Waals surface area contributed by atoms with Crippen LogP contribution in [0.3, 0.4) is 0 Å². The van der Waals surface area contributed by atoms with Gasteiger partial charge in [0.15, 0.2) is 0 Å². The maximum absolute atomic E-state index is 6.11. The smallest absolute Gasteiger partial charge is 0.148 e. The van der Waals surface area contributed by atoms with Crippen molar-refractivity contribution < 1.29 is 0 Å². The number of hydrogen-bond acceptors (Lipinski definition) is 5. The minimum absolute atomic E-state index is 0.328. The van der Waals surface area contributed by atoms with Gasteiger partial charge in [0.25, 0.3) is 0 Å². The molecule has 2 aromatic rings. The van der Waals surface area contributed by atoms with Gasteiger partial charge in [0, 0.05) is 18.1 Å². The number of anilines is 2. The number of nitrogens with two attached hydrogens (primary N) is 1. The SMILES string of the molecule is Cc1cnc(CNc2c(N)c(C(C)C)nn2C)s1. The van der Waals surface area contributed by atoms with Gasteiger partial charge >= 0.3 is 0 Å². The first-order valence-corrected chi connectivity index (χ1v) is 6.78. The van der Waals surface area contributed by atoms with Gasteiger partial charge in [-0.15, -0.1) is 11.3 Å². The number of aromatic nitrogens is 3. The first-order chi connectivity index (χ1) is 8.49. The number of aryl methyl sites for hydroxylation is 2. The van der Waals surface area contributed by atoms with Crippen LogP contribution in [0.5, 0.6) is 0 Å². The fourth-order valence-corrected chi connectivity index (χ4v) is 2.57. The second-order valence-electron chi connectivity index (χ2n) is 4.64. The topological polar surface area (TPSA) is 68.8 Å². The Hall–Kier alpha value is -1.56. The van der Waals surface area contributed by atoms with Crippen molar-refractivity contribution in [2.24, 2.45) is 7.05 Å². The van der Waals surface area contributed by atoms with E-state index in [0.717, 1.165) is 22.2 Å². The third kappa shape index (κ3) is 2.48. The lowest BCUT2D eigenvalue weighted by atomic mass is 10.1. The van der Waals surface area contributed by atoms with E-state index in [9.17, 15) is 0 Å². The van der Waals surface area contributed by atoms with E-state index in [1.807, 2.05) is 13.2 Å². The van der Waals surface area contributed by atoms with Gasteiger partial charge in [-0.2, -0.15) is 5.10 Å². The largest absolute Gasteiger partial charge is 0.394 e. The molecule has 2 rings (SSSR count). The van der Waals surface area contributed by atoms with Crippen molar-refractivity contribution in [3.63, 3.8) is 0 Å². The van der Waals surface area contributed by atoms with Crippen LogP contribution in [0.1, 0.15) is 35.3 Å². The molecule has 98 valence electrons. The third-order valence-electron chi connectivity index (χ3n) is 2.74. The number of nitrogens with zero attached hydrogens (tertiary/aromatic N) is 3. The van der Waals surface area contributed by atoms with E-state index in [2.05, 4.69) is 36.2 Å². The summed E-state index contributed by atoms with van der Waals surface area (Å²) in [5, 5.41) is 8.80. The second-order valence-corrected chi connectivity index (χ2v) is 5.96. The Morgan fingerprint density at radius 2 is 2.22 bits per heavy atom. The maximum atomic E-state index is 6.11. The third-order valence-corrected chi connectivity index (χ3v) is 3.65. The molecule has 5 nitrogen and oxygen atoms in total. The number of hydrogen-bond donors (Lipinski definition) is 2. The molecule has 0 radical (unpaired) electrons. The zero-order chi connectivity index (χ0) is 13.3. The van der Waals surface area contributed by atoms with Gasteiger partial charge in [-0.1, -0.05) is 13.8 Å². The molecule has 2 heterocycles. The molecular weight excluding hydrogens is 246 g/mol. The predicted molar refractivity (Wildman–Crippen MR) is 75.9 cm³/mol. The number of rotatable bonds is 4. The number of nitrogen functional groups attached to an aromatic ring is 1. The minimum atomic E-state index is 0.328. The highest BCUT2D eigenvalue weighted by Gasteiger charge is 2.15. The van der Waals surface area contributed by atoms with Gasteiger partial charge in [0.1, 0.15) is 10.8 Å². The molecule has 6 heteroatoms. The highest BCUT2D eigenvalue weighted by Crippen LogP contribution is 2.28. The summed E-state index contributed by atoms with van der Waals surface area (Å²) in [6.45, 7) is 6.91. The molecule has 0 aliphatic heterocycles. The van der Waals surface area contributed by atoms with Gasteiger partial charge in [0.2, 0.25) is 0 Å². The van der Waals surface area contributed by atoms with Crippen LogP contribution >= 0.6 is 11.3 Å². The Morgan fingerprint density at radius 1 is 1.50 bits per heavy atom. The molecule has 0 bridgehead atoms. The molecule has 0 aliphatic rings. The van der Waals surface area contributed by atoms with E-state index in [4.69, 9.17) is 5.73 Å². The Balaban J connectivity index is 2.14. The monoisotopic (exact) mass is 265 g/mol. The molecule has 0 fully saturated rings. The molecule has 3 N–H and O–H groups in total. The average molecular weight is 265 g/mol. The van der Waals surface area contributed by atoms with Crippen LogP contribution in [-0.4, -0.2) is 14.8 Å². The lowest BCUT2D eigenvalue weighted by molar-refractivity contribution is 0.715. The molecule has 0 unspecified atom stereocenters. The van der Waals surface area contributed by atoms with Gasteiger partial charge < -0.3 is 11.1 Å². The summed E-state index contributed by atoms with van der Waals surface area (Å²) in [5.41, 5.74) is 7.79. The standard InChI is InChI=1S/C12H19N5S/c1-7(2)11-10(13)12(17(4)16-11)15-6-9-14-5-8(3)18-9/h5,7,15H,6,13H2,1-4H3. The first-order valence-electron chi connectivity index (χ1n) is 5.96. The van der Waals surface area contributed by atoms with Crippen LogP contribution < -0.4 is 11.1 Å². The normalized spacial score (nSPS) is 11.2. The summed E-state index contributed by atoms with van der Waals surface area (Å²) in [5.74, 6) is 1.19. The van der Waals surface area contributed by atoms with Crippen LogP contribution in [0.4, 0.5) is 11.5 Å². The molecule has 0 atom stereocenters. The lowest BCUT2D eigenvalue weighted by Crippen LogP contribution is -2.06. The molecule has 0 aromatic carbocycles. The lowest BCUT2D eigenvalue weighted by Gasteiger charge is -2.06. The van der Waals surface area contributed by atoms with Crippen molar-refractivity contribution >= 4 is 22.8 Å². The van der Waals surface area contributed by atoms with Crippen LogP contribution in [0, 0.1) is 6.92 Å². The summed E-state index contributed by atoms with van der Waals surface area (Å²) in [6, 6.07) is 0. The number of nitrogens with one attached hydrogen (secondary N) is 1. The maximum Gasteiger partial charge on any atom is 0.148 e. The van der Waals surface area contributed by atoms with E-state index in [-0.39, 0.29) is 0 Å². The highest BCUT2D eigenvalue weighted by molar-refractivity contribution is 7.11. The summed E-state index contributed by atoms with van der Waals surface area (Å²) in [7, 11) is 1.90. The first kappa shape index (κ1) is 12.9. The van der Waals surface area contributed by atoms with Gasteiger partial charge in [0.05, 0.1) is 17.9 Å². The summed E-state index contributed by atoms with van der Waals surface area (Å²) >= 11 is 1.69. The molecule has 0 spiro atoms. The van der Waals surface area contributed by atoms with Crippen molar-refractivity contribution in [1.82, 2.24) is 14.8 Å². The van der Waals surface area contributed by atoms with Crippen molar-refractivity contribution in [1.29, 1.82) is 0 Å². The molecule has 0 aliphatic carbocycles. The molecule has 0 saturated carbocycles. The van der Waals surface area contributed by atoms with Crippen LogP contribution in [0.15, 0.2) is 6.20 Å². The Bertz CT molecular complexity index is 541. The zero-order valence-corrected chi connectivity index (χ0v) is 12.0. The second kappa shape index (κ2) is 4.97. The van der Waals surface area contributed by atoms with Crippen molar-refractivity contribution in [3.05, 3.63) is 21.8 Å². The van der Waals surface area contributed by atoms with Crippen LogP contribution in [0.2, 0.25) is 0 Å². The predicted octanol–water partition coefficient (Wildman–Crippen LogP) is 2.50. The Morgan fingerprint density at radius 3 is 2.72 bits per heavy atom. The van der Waals surface area contributed by atoms with E-state index in [0.29, 0.717) is 12.5 Å². The fraction of sp³-hybridized carbons (Fsp3) is 0.500. The Labute approximate surface area is 111 Å². The quantitative estimate of drug-likeness (QED) is 0.891. The number of thiazole rings is 1. The van der Waals surface area contributed by atoms with Gasteiger partial charge in [-0.3, -0.25) is 4.68 Å². The summed E-state index contributed by atoms with van der Waals surface area (Å²) in [6.07, 6.45) is 1.88. The molecular formula is C12H19N5S. The summed E-state index contributed by atoms with van der Waals surface area (Å²) < 4.78 is 1.80. The highest BCUT2D eigenvalue weighted by atomic mass is 32.1. The van der Waals surface area contributed by atoms with Gasteiger partial charge in [-0.05, 0) is 12.8 Å². The summed E-state index contributed by atoms with van der Waals surface area (Å²) in [4.78, 5) is 5.53. The average Bonchev–Trinajstić information content (AvgIpc) is 2.82. The van der Waals surface area contributed by atoms with E-state index in [1.165, 1.54) is 4.88 Å². The molecule has 0 saturated heterocycles. The zero-order valence-electron chi connectivity index (χ0n) is 11.2.